The first-order chi connectivity index (χ1) is 6.97. The van der Waals surface area contributed by atoms with Gasteiger partial charge in [0.05, 0.1) is 0 Å². The smallest absolute Gasteiger partial charge is 0.224 e. The molecule has 3 heterocycles. The molecule has 0 amide bonds. The van der Waals surface area contributed by atoms with Crippen molar-refractivity contribution in [3.8, 4) is 0 Å². The molecule has 0 fully saturated rings. The van der Waals surface area contributed by atoms with E-state index in [1.165, 1.54) is 12.7 Å². The van der Waals surface area contributed by atoms with Crippen molar-refractivity contribution < 1.29 is 0 Å². The zero-order valence-electron chi connectivity index (χ0n) is 7.02. The van der Waals surface area contributed by atoms with E-state index in [0.29, 0.717) is 11.7 Å². The quantitative estimate of drug-likeness (QED) is 0.597. The normalized spacial score (nSPS) is 15.4. The Morgan fingerprint density at radius 1 is 1.00 bits per heavy atom. The molecule has 0 aromatic carbocycles. The van der Waals surface area contributed by atoms with Gasteiger partial charge in [-0.25, -0.2) is 20.0 Å². The Balaban J connectivity index is 0.000000112. The molecule has 14 heavy (non-hydrogen) atoms. The van der Waals surface area contributed by atoms with Crippen LogP contribution in [0.5, 0.6) is 0 Å². The van der Waals surface area contributed by atoms with Crippen molar-refractivity contribution in [1.29, 1.82) is 0 Å². The van der Waals surface area contributed by atoms with Crippen LogP contribution in [0.2, 0.25) is 0 Å². The number of aliphatic imine (C=N–C) groups is 2. The summed E-state index contributed by atoms with van der Waals surface area (Å²) in [6.45, 7) is 0. The van der Waals surface area contributed by atoms with E-state index in [1.807, 2.05) is 0 Å². The van der Waals surface area contributed by atoms with E-state index in [1.54, 1.807) is 18.5 Å². The van der Waals surface area contributed by atoms with E-state index in [4.69, 9.17) is 0 Å². The molecule has 0 saturated heterocycles. The van der Waals surface area contributed by atoms with E-state index in [-0.39, 0.29) is 0 Å². The maximum atomic E-state index is 3.73. The van der Waals surface area contributed by atoms with Gasteiger partial charge >= 0.3 is 0 Å². The van der Waals surface area contributed by atoms with Gasteiger partial charge in [-0.15, -0.1) is 10.2 Å². The Labute approximate surface area is 79.1 Å². The summed E-state index contributed by atoms with van der Waals surface area (Å²) in [5.74, 6) is 1.04. The van der Waals surface area contributed by atoms with E-state index in [2.05, 4.69) is 35.4 Å². The van der Waals surface area contributed by atoms with Gasteiger partial charge in [-0.3, -0.25) is 0 Å². The Morgan fingerprint density at radius 2 is 1.86 bits per heavy atom. The molecule has 0 saturated carbocycles. The standard InChI is InChI=1S/C4H4N2.C3HN5/c1-2-5-4-6-3-1;1-4-2-3(5-1)7-8-6-2/h1-4H;1H. The highest BCUT2D eigenvalue weighted by molar-refractivity contribution is 6.46. The molecule has 0 N–H and O–H groups in total. The van der Waals surface area contributed by atoms with Gasteiger partial charge in [0, 0.05) is 12.4 Å². The lowest BCUT2D eigenvalue weighted by atomic mass is 10.6. The minimum atomic E-state index is 0.519. The van der Waals surface area contributed by atoms with Crippen LogP contribution < -0.4 is 0 Å². The molecule has 0 aliphatic carbocycles. The van der Waals surface area contributed by atoms with Gasteiger partial charge in [0.15, 0.2) is 0 Å². The highest BCUT2D eigenvalue weighted by Crippen LogP contribution is 2.03. The topological polar surface area (TPSA) is 87.6 Å². The molecule has 0 unspecified atom stereocenters. The van der Waals surface area contributed by atoms with Gasteiger partial charge in [-0.05, 0) is 11.3 Å². The molecule has 0 bridgehead atoms. The Hall–Kier alpha value is -2.31. The largest absolute Gasteiger partial charge is 0.245 e. The molecule has 1 aromatic rings. The van der Waals surface area contributed by atoms with Crippen molar-refractivity contribution in [1.82, 2.24) is 9.97 Å². The molecule has 7 nitrogen and oxygen atoms in total. The van der Waals surface area contributed by atoms with Crippen molar-refractivity contribution in [3.63, 3.8) is 0 Å². The van der Waals surface area contributed by atoms with Crippen molar-refractivity contribution in [2.24, 2.45) is 25.4 Å². The first kappa shape index (κ1) is 8.30. The third-order valence-electron chi connectivity index (χ3n) is 1.32. The van der Waals surface area contributed by atoms with Crippen LogP contribution in [0.4, 0.5) is 0 Å². The monoisotopic (exact) mass is 187 g/mol. The minimum Gasteiger partial charge on any atom is -0.245 e. The van der Waals surface area contributed by atoms with Gasteiger partial charge in [-0.2, -0.15) is 0 Å². The lowest BCUT2D eigenvalue weighted by Gasteiger charge is -1.73. The lowest BCUT2D eigenvalue weighted by Crippen LogP contribution is -1.97. The first-order valence-electron chi connectivity index (χ1n) is 3.76. The van der Waals surface area contributed by atoms with Gasteiger partial charge in [0.1, 0.15) is 12.7 Å². The van der Waals surface area contributed by atoms with Crippen molar-refractivity contribution in [2.45, 2.75) is 0 Å². The second-order valence-electron chi connectivity index (χ2n) is 2.21. The summed E-state index contributed by atoms with van der Waals surface area (Å²) in [5.41, 5.74) is 0. The fourth-order valence-corrected chi connectivity index (χ4v) is 0.755. The summed E-state index contributed by atoms with van der Waals surface area (Å²) in [4.78, 5) is 14.8. The number of nitrogens with zero attached hydrogens (tertiary/aromatic N) is 7. The molecule has 2 aliphatic rings. The predicted molar refractivity (Wildman–Crippen MR) is 50.3 cm³/mol. The van der Waals surface area contributed by atoms with Gasteiger partial charge in [0.25, 0.3) is 0 Å². The number of hydrogen-bond acceptors (Lipinski definition) is 7. The number of rotatable bonds is 0. The Kier molecular flexibility index (Phi) is 2.42. The minimum absolute atomic E-state index is 0.519. The van der Waals surface area contributed by atoms with Crippen LogP contribution in [0.15, 0.2) is 50.2 Å². The second kappa shape index (κ2) is 4.08. The molecular weight excluding hydrogens is 182 g/mol. The Bertz CT molecular complexity index is 364. The maximum Gasteiger partial charge on any atom is 0.224 e. The summed E-state index contributed by atoms with van der Waals surface area (Å²) in [6.07, 6.45) is 6.28. The van der Waals surface area contributed by atoms with Crippen LogP contribution in [0, 0.1) is 0 Å². The van der Waals surface area contributed by atoms with E-state index >= 15 is 0 Å². The van der Waals surface area contributed by atoms with E-state index < -0.39 is 0 Å². The fraction of sp³-hybridized carbons (Fsp3) is 0. The third kappa shape index (κ3) is 1.89. The molecule has 1 aromatic heterocycles. The second-order valence-corrected chi connectivity index (χ2v) is 2.21. The van der Waals surface area contributed by atoms with Crippen LogP contribution in [0.25, 0.3) is 0 Å². The van der Waals surface area contributed by atoms with Gasteiger partial charge in [-0.1, -0.05) is 0 Å². The summed E-state index contributed by atoms with van der Waals surface area (Å²) in [6, 6.07) is 1.78. The molecule has 7 heteroatoms. The first-order valence-corrected chi connectivity index (χ1v) is 3.76. The number of hydrogen-bond donors (Lipinski definition) is 0. The average molecular weight is 187 g/mol. The summed E-state index contributed by atoms with van der Waals surface area (Å²) < 4.78 is 0. The summed E-state index contributed by atoms with van der Waals surface area (Å²) in [7, 11) is 0. The SMILES string of the molecule is C1=NC2=NN=NC2=N1.c1cncnc1. The highest BCUT2D eigenvalue weighted by atomic mass is 15.5. The molecular formula is C7H5N7. The molecule has 68 valence electrons. The van der Waals surface area contributed by atoms with Gasteiger partial charge in [0.2, 0.25) is 11.7 Å². The highest BCUT2D eigenvalue weighted by Gasteiger charge is 2.14. The lowest BCUT2D eigenvalue weighted by molar-refractivity contribution is 1.12. The van der Waals surface area contributed by atoms with Crippen molar-refractivity contribution >= 4 is 18.0 Å². The Morgan fingerprint density at radius 3 is 2.43 bits per heavy atom. The predicted octanol–water partition coefficient (Wildman–Crippen LogP) is 0.683. The maximum absolute atomic E-state index is 3.73. The molecule has 0 atom stereocenters. The van der Waals surface area contributed by atoms with Crippen molar-refractivity contribution in [2.75, 3.05) is 0 Å². The zero-order chi connectivity index (χ0) is 9.64. The summed E-state index contributed by atoms with van der Waals surface area (Å²) in [5, 5.41) is 10.4. The molecule has 3 rings (SSSR count). The summed E-state index contributed by atoms with van der Waals surface area (Å²) >= 11 is 0. The van der Waals surface area contributed by atoms with Crippen LogP contribution in [-0.2, 0) is 0 Å². The number of amidine groups is 2. The van der Waals surface area contributed by atoms with Crippen LogP contribution in [-0.4, -0.2) is 28.0 Å². The molecule has 2 aliphatic heterocycles. The van der Waals surface area contributed by atoms with Crippen molar-refractivity contribution in [3.05, 3.63) is 24.8 Å². The third-order valence-corrected chi connectivity index (χ3v) is 1.32. The van der Waals surface area contributed by atoms with Crippen LogP contribution in [0.3, 0.4) is 0 Å². The fourth-order valence-electron chi connectivity index (χ4n) is 0.755. The van der Waals surface area contributed by atoms with E-state index in [0.717, 1.165) is 0 Å². The van der Waals surface area contributed by atoms with Gasteiger partial charge < -0.3 is 0 Å². The number of fused-ring (bicyclic) bond motifs is 1. The van der Waals surface area contributed by atoms with Crippen LogP contribution >= 0.6 is 0 Å². The van der Waals surface area contributed by atoms with E-state index in [9.17, 15) is 0 Å². The van der Waals surface area contributed by atoms with Crippen LogP contribution in [0.1, 0.15) is 0 Å². The molecule has 0 spiro atoms. The zero-order valence-corrected chi connectivity index (χ0v) is 7.02. The average Bonchev–Trinajstić information content (AvgIpc) is 2.82. The molecule has 0 radical (unpaired) electrons. The number of aromatic nitrogens is 2.